The van der Waals surface area contributed by atoms with E-state index in [0.29, 0.717) is 12.5 Å². The molecule has 7 heteroatoms. The van der Waals surface area contributed by atoms with Crippen LogP contribution in [-0.2, 0) is 9.47 Å². The smallest absolute Gasteiger partial charge is 0.341 e. The number of furan rings is 1. The molecule has 134 valence electrons. The maximum atomic E-state index is 12.2. The molecule has 0 aliphatic carbocycles. The van der Waals surface area contributed by atoms with E-state index in [0.717, 1.165) is 32.7 Å². The molecule has 0 bridgehead atoms. The molecule has 7 nitrogen and oxygen atoms in total. The number of carbonyl (C=O) groups is 2. The molecule has 1 aromatic heterocycles. The van der Waals surface area contributed by atoms with Crippen LogP contribution in [0.5, 0.6) is 0 Å². The van der Waals surface area contributed by atoms with Crippen molar-refractivity contribution in [1.82, 2.24) is 10.2 Å². The van der Waals surface area contributed by atoms with Crippen molar-refractivity contribution in [2.45, 2.75) is 26.3 Å². The van der Waals surface area contributed by atoms with Crippen molar-refractivity contribution in [2.24, 2.45) is 5.92 Å². The lowest BCUT2D eigenvalue weighted by molar-refractivity contribution is 0.0124. The first kappa shape index (κ1) is 18.5. The average molecular weight is 338 g/mol. The molecular formula is C17H26N2O5. The molecule has 1 amide bonds. The van der Waals surface area contributed by atoms with E-state index >= 15 is 0 Å². The standard InChI is InChI=1S/C17H26N2O5/c1-12(2)8-14(19-4-6-23-7-5-19)10-18-16(20)15-9-13(11-24-15)17(21)22-3/h9,11-12,14H,4-8,10H2,1-3H3,(H,18,20)/t14-/m1/s1. The monoisotopic (exact) mass is 338 g/mol. The van der Waals surface area contributed by atoms with E-state index in [-0.39, 0.29) is 23.3 Å². The third-order valence-corrected chi connectivity index (χ3v) is 4.05. The first-order valence-corrected chi connectivity index (χ1v) is 8.28. The molecule has 1 fully saturated rings. The number of nitrogens with zero attached hydrogens (tertiary/aromatic N) is 1. The van der Waals surface area contributed by atoms with Crippen LogP contribution in [0, 0.1) is 5.92 Å². The maximum Gasteiger partial charge on any atom is 0.341 e. The molecule has 1 N–H and O–H groups in total. The molecule has 1 aliphatic rings. The second-order valence-electron chi connectivity index (χ2n) is 6.33. The van der Waals surface area contributed by atoms with Crippen LogP contribution in [-0.4, -0.2) is 62.8 Å². The summed E-state index contributed by atoms with van der Waals surface area (Å²) in [4.78, 5) is 26.0. The van der Waals surface area contributed by atoms with E-state index in [9.17, 15) is 9.59 Å². The highest BCUT2D eigenvalue weighted by molar-refractivity contribution is 5.96. The number of ether oxygens (including phenoxy) is 2. The van der Waals surface area contributed by atoms with Crippen molar-refractivity contribution in [2.75, 3.05) is 40.0 Å². The summed E-state index contributed by atoms with van der Waals surface area (Å²) in [5.41, 5.74) is 0.231. The summed E-state index contributed by atoms with van der Waals surface area (Å²) in [5, 5.41) is 2.90. The molecule has 2 heterocycles. The fourth-order valence-electron chi connectivity index (χ4n) is 2.83. The second-order valence-corrected chi connectivity index (χ2v) is 6.33. The van der Waals surface area contributed by atoms with Crippen molar-refractivity contribution in [3.63, 3.8) is 0 Å². The molecule has 1 aromatic rings. The van der Waals surface area contributed by atoms with E-state index in [1.165, 1.54) is 19.4 Å². The van der Waals surface area contributed by atoms with Crippen LogP contribution in [0.25, 0.3) is 0 Å². The Hall–Kier alpha value is -1.86. The molecule has 0 spiro atoms. The summed E-state index contributed by atoms with van der Waals surface area (Å²) >= 11 is 0. The lowest BCUT2D eigenvalue weighted by Crippen LogP contribution is -2.49. The zero-order valence-corrected chi connectivity index (χ0v) is 14.5. The Labute approximate surface area is 142 Å². The van der Waals surface area contributed by atoms with Crippen molar-refractivity contribution < 1.29 is 23.5 Å². The van der Waals surface area contributed by atoms with E-state index in [1.807, 2.05) is 0 Å². The van der Waals surface area contributed by atoms with E-state index in [2.05, 4.69) is 28.8 Å². The van der Waals surface area contributed by atoms with Gasteiger partial charge in [-0.05, 0) is 12.3 Å². The minimum Gasteiger partial charge on any atom is -0.465 e. The minimum absolute atomic E-state index is 0.112. The maximum absolute atomic E-state index is 12.2. The van der Waals surface area contributed by atoms with Crippen LogP contribution in [0.3, 0.4) is 0 Å². The Kier molecular flexibility index (Phi) is 6.81. The van der Waals surface area contributed by atoms with Gasteiger partial charge in [0, 0.05) is 31.7 Å². The van der Waals surface area contributed by atoms with Gasteiger partial charge in [-0.15, -0.1) is 0 Å². The minimum atomic E-state index is -0.524. The Balaban J connectivity index is 1.93. The number of rotatable bonds is 7. The first-order valence-electron chi connectivity index (χ1n) is 8.28. The predicted molar refractivity (Wildman–Crippen MR) is 88.0 cm³/mol. The van der Waals surface area contributed by atoms with Crippen molar-refractivity contribution >= 4 is 11.9 Å². The van der Waals surface area contributed by atoms with Gasteiger partial charge in [0.05, 0.1) is 25.9 Å². The summed E-state index contributed by atoms with van der Waals surface area (Å²) in [6, 6.07) is 1.65. The number of amides is 1. The third kappa shape index (κ3) is 5.07. The highest BCUT2D eigenvalue weighted by atomic mass is 16.5. The van der Waals surface area contributed by atoms with Gasteiger partial charge in [0.2, 0.25) is 0 Å². The lowest BCUT2D eigenvalue weighted by Gasteiger charge is -2.35. The quantitative estimate of drug-likeness (QED) is 0.760. The molecule has 1 saturated heterocycles. The number of carbonyl (C=O) groups excluding carboxylic acids is 2. The number of hydrogen-bond acceptors (Lipinski definition) is 6. The van der Waals surface area contributed by atoms with Crippen molar-refractivity contribution in [3.05, 3.63) is 23.7 Å². The largest absolute Gasteiger partial charge is 0.465 e. The number of esters is 1. The van der Waals surface area contributed by atoms with Gasteiger partial charge in [-0.3, -0.25) is 9.69 Å². The van der Waals surface area contributed by atoms with Gasteiger partial charge in [0.25, 0.3) is 5.91 Å². The van der Waals surface area contributed by atoms with Crippen molar-refractivity contribution in [1.29, 1.82) is 0 Å². The fraction of sp³-hybridized carbons (Fsp3) is 0.647. The van der Waals surface area contributed by atoms with Gasteiger partial charge in [0.1, 0.15) is 6.26 Å². The first-order chi connectivity index (χ1) is 11.5. The van der Waals surface area contributed by atoms with Crippen LogP contribution in [0.15, 0.2) is 16.7 Å². The molecule has 0 aromatic carbocycles. The molecular weight excluding hydrogens is 312 g/mol. The topological polar surface area (TPSA) is 81.0 Å². The van der Waals surface area contributed by atoms with Crippen molar-refractivity contribution in [3.8, 4) is 0 Å². The Morgan fingerprint density at radius 3 is 2.67 bits per heavy atom. The highest BCUT2D eigenvalue weighted by Crippen LogP contribution is 2.14. The van der Waals surface area contributed by atoms with E-state index in [1.54, 1.807) is 0 Å². The van der Waals surface area contributed by atoms with Crippen LogP contribution in [0.1, 0.15) is 41.2 Å². The normalized spacial score (nSPS) is 16.8. The Morgan fingerprint density at radius 2 is 2.04 bits per heavy atom. The predicted octanol–water partition coefficient (Wildman–Crippen LogP) is 1.54. The summed E-state index contributed by atoms with van der Waals surface area (Å²) in [6.45, 7) is 8.08. The van der Waals surface area contributed by atoms with Gasteiger partial charge in [-0.1, -0.05) is 13.8 Å². The van der Waals surface area contributed by atoms with Gasteiger partial charge in [0.15, 0.2) is 5.76 Å². The SMILES string of the molecule is COC(=O)c1coc(C(=O)NC[C@@H](CC(C)C)N2CCOCC2)c1. The number of hydrogen-bond donors (Lipinski definition) is 1. The van der Waals surface area contributed by atoms with Gasteiger partial charge >= 0.3 is 5.97 Å². The van der Waals surface area contributed by atoms with Crippen LogP contribution >= 0.6 is 0 Å². The number of methoxy groups -OCH3 is 1. The van der Waals surface area contributed by atoms with E-state index < -0.39 is 5.97 Å². The van der Waals surface area contributed by atoms with Gasteiger partial charge < -0.3 is 19.2 Å². The molecule has 0 unspecified atom stereocenters. The van der Waals surface area contributed by atoms with Crippen LogP contribution in [0.2, 0.25) is 0 Å². The summed E-state index contributed by atoms with van der Waals surface area (Å²) in [5.74, 6) is -0.207. The molecule has 1 aliphatic heterocycles. The second kappa shape index (κ2) is 8.84. The van der Waals surface area contributed by atoms with Crippen LogP contribution in [0.4, 0.5) is 0 Å². The summed E-state index contributed by atoms with van der Waals surface area (Å²) in [7, 11) is 1.29. The average Bonchev–Trinajstić information content (AvgIpc) is 3.08. The van der Waals surface area contributed by atoms with Crippen LogP contribution < -0.4 is 5.32 Å². The van der Waals surface area contributed by atoms with E-state index in [4.69, 9.17) is 9.15 Å². The van der Waals surface area contributed by atoms with Gasteiger partial charge in [-0.25, -0.2) is 4.79 Å². The molecule has 0 radical (unpaired) electrons. The summed E-state index contributed by atoms with van der Waals surface area (Å²) in [6.07, 6.45) is 2.22. The third-order valence-electron chi connectivity index (χ3n) is 4.05. The highest BCUT2D eigenvalue weighted by Gasteiger charge is 2.23. The molecule has 2 rings (SSSR count). The molecule has 1 atom stereocenters. The molecule has 0 saturated carbocycles. The number of nitrogens with one attached hydrogen (secondary N) is 1. The summed E-state index contributed by atoms with van der Waals surface area (Å²) < 4.78 is 15.2. The van der Waals surface area contributed by atoms with Gasteiger partial charge in [-0.2, -0.15) is 0 Å². The lowest BCUT2D eigenvalue weighted by atomic mass is 10.0. The molecule has 24 heavy (non-hydrogen) atoms. The Bertz CT molecular complexity index is 549. The zero-order valence-electron chi connectivity index (χ0n) is 14.5. The zero-order chi connectivity index (χ0) is 17.5. The Morgan fingerprint density at radius 1 is 1.33 bits per heavy atom. The number of morpholine rings is 1. The fourth-order valence-corrected chi connectivity index (χ4v) is 2.83.